The molecule has 0 spiro atoms. The number of benzene rings is 1. The number of carbonyl (C=O) groups is 3. The monoisotopic (exact) mass is 439 g/mol. The van der Waals surface area contributed by atoms with Crippen LogP contribution in [0.1, 0.15) is 37.6 Å². The number of nitrogens with zero attached hydrogens (tertiary/aromatic N) is 1. The molecule has 3 atom stereocenters. The highest BCUT2D eigenvalue weighted by Crippen LogP contribution is 2.27. The van der Waals surface area contributed by atoms with Crippen LogP contribution < -0.4 is 10.6 Å². The zero-order chi connectivity index (χ0) is 20.1. The molecule has 3 N–H and O–H groups in total. The molecular weight excluding hydrogens is 414 g/mol. The molecule has 1 unspecified atom stereocenters. The minimum Gasteiger partial charge on any atom is -0.394 e. The van der Waals surface area contributed by atoms with Crippen LogP contribution in [0.15, 0.2) is 22.7 Å². The fourth-order valence-corrected chi connectivity index (χ4v) is 3.82. The van der Waals surface area contributed by atoms with Crippen LogP contribution in [0, 0.1) is 11.8 Å². The number of hydrogen-bond acceptors (Lipinski definition) is 4. The van der Waals surface area contributed by atoms with E-state index in [1.54, 1.807) is 18.2 Å². The van der Waals surface area contributed by atoms with E-state index >= 15 is 0 Å². The number of aliphatic hydroxyl groups excluding tert-OH is 1. The smallest absolute Gasteiger partial charge is 0.256 e. The molecule has 1 aliphatic rings. The molecule has 27 heavy (non-hydrogen) atoms. The van der Waals surface area contributed by atoms with E-state index in [1.165, 1.54) is 6.92 Å². The molecule has 1 saturated heterocycles. The predicted octanol–water partition coefficient (Wildman–Crippen LogP) is 2.00. The molecule has 1 aromatic carbocycles. The second-order valence-corrected chi connectivity index (χ2v) is 8.19. The number of nitrogens with one attached hydrogen (secondary N) is 2. The van der Waals surface area contributed by atoms with Crippen molar-refractivity contribution in [1.82, 2.24) is 10.2 Å². The van der Waals surface area contributed by atoms with Crippen LogP contribution in [0.3, 0.4) is 0 Å². The predicted molar refractivity (Wildman–Crippen MR) is 106 cm³/mol. The maximum atomic E-state index is 13.1. The number of carbonyl (C=O) groups excluding carboxylic acids is 3. The maximum Gasteiger partial charge on any atom is 0.256 e. The van der Waals surface area contributed by atoms with Crippen molar-refractivity contribution < 1.29 is 19.5 Å². The number of anilines is 1. The summed E-state index contributed by atoms with van der Waals surface area (Å²) in [5, 5.41) is 14.4. The summed E-state index contributed by atoms with van der Waals surface area (Å²) in [5.74, 6) is -0.315. The molecule has 0 saturated carbocycles. The Bertz CT molecular complexity index is 715. The Kier molecular flexibility index (Phi) is 7.38. The van der Waals surface area contributed by atoms with Gasteiger partial charge in [0.25, 0.3) is 5.91 Å². The van der Waals surface area contributed by atoms with Gasteiger partial charge in [0.15, 0.2) is 0 Å². The number of likely N-dealkylation sites (tertiary alicyclic amines) is 1. The Morgan fingerprint density at radius 3 is 2.44 bits per heavy atom. The summed E-state index contributed by atoms with van der Waals surface area (Å²) in [7, 11) is 0. The summed E-state index contributed by atoms with van der Waals surface area (Å²) in [6.07, 6.45) is 1.08. The lowest BCUT2D eigenvalue weighted by atomic mass is 9.91. The average molecular weight is 440 g/mol. The first-order valence-electron chi connectivity index (χ1n) is 8.98. The number of rotatable bonds is 5. The van der Waals surface area contributed by atoms with E-state index in [-0.39, 0.29) is 5.91 Å². The van der Waals surface area contributed by atoms with Crippen molar-refractivity contribution in [2.45, 2.75) is 33.2 Å². The normalized spacial score (nSPS) is 20.7. The van der Waals surface area contributed by atoms with Gasteiger partial charge in [0.1, 0.15) is 6.04 Å². The molecule has 7 nitrogen and oxygen atoms in total. The van der Waals surface area contributed by atoms with Gasteiger partial charge >= 0.3 is 0 Å². The lowest BCUT2D eigenvalue weighted by Gasteiger charge is -2.35. The Morgan fingerprint density at radius 2 is 1.89 bits per heavy atom. The van der Waals surface area contributed by atoms with E-state index in [0.29, 0.717) is 36.2 Å². The van der Waals surface area contributed by atoms with Crippen molar-refractivity contribution in [2.24, 2.45) is 11.8 Å². The molecule has 148 valence electrons. The molecule has 1 heterocycles. The highest BCUT2D eigenvalue weighted by atomic mass is 79.9. The van der Waals surface area contributed by atoms with Crippen molar-refractivity contribution in [3.63, 3.8) is 0 Å². The van der Waals surface area contributed by atoms with Crippen LogP contribution in [-0.2, 0) is 9.59 Å². The van der Waals surface area contributed by atoms with E-state index in [4.69, 9.17) is 0 Å². The molecule has 1 aromatic rings. The van der Waals surface area contributed by atoms with E-state index in [0.717, 1.165) is 10.9 Å². The quantitative estimate of drug-likeness (QED) is 0.653. The zero-order valence-corrected chi connectivity index (χ0v) is 17.4. The first-order chi connectivity index (χ1) is 12.7. The van der Waals surface area contributed by atoms with Crippen molar-refractivity contribution >= 4 is 39.3 Å². The summed E-state index contributed by atoms with van der Waals surface area (Å²) >= 11 is 3.37. The average Bonchev–Trinajstić information content (AvgIpc) is 2.59. The number of hydrogen-bond donors (Lipinski definition) is 3. The molecule has 3 amide bonds. The summed E-state index contributed by atoms with van der Waals surface area (Å²) in [5.41, 5.74) is 0.724. The molecule has 8 heteroatoms. The van der Waals surface area contributed by atoms with Gasteiger partial charge in [-0.1, -0.05) is 29.8 Å². The topological polar surface area (TPSA) is 98.7 Å². The minimum absolute atomic E-state index is 0.148. The summed E-state index contributed by atoms with van der Waals surface area (Å²) in [6.45, 7) is 6.33. The number of aliphatic hydroxyl groups is 1. The van der Waals surface area contributed by atoms with Gasteiger partial charge in [-0.05, 0) is 36.5 Å². The van der Waals surface area contributed by atoms with Crippen molar-refractivity contribution in [3.8, 4) is 0 Å². The molecule has 2 rings (SSSR count). The van der Waals surface area contributed by atoms with Crippen LogP contribution >= 0.6 is 15.9 Å². The third-order valence-corrected chi connectivity index (χ3v) is 5.00. The molecule has 0 aliphatic carbocycles. The molecule has 0 radical (unpaired) electrons. The van der Waals surface area contributed by atoms with Gasteiger partial charge in [-0.2, -0.15) is 0 Å². The zero-order valence-electron chi connectivity index (χ0n) is 15.8. The Morgan fingerprint density at radius 1 is 1.26 bits per heavy atom. The third kappa shape index (κ3) is 5.77. The van der Waals surface area contributed by atoms with Gasteiger partial charge in [-0.25, -0.2) is 0 Å². The van der Waals surface area contributed by atoms with Crippen LogP contribution in [0.4, 0.5) is 5.69 Å². The van der Waals surface area contributed by atoms with Crippen molar-refractivity contribution in [3.05, 3.63) is 28.2 Å². The first-order valence-corrected chi connectivity index (χ1v) is 9.78. The van der Waals surface area contributed by atoms with Gasteiger partial charge in [-0.15, -0.1) is 0 Å². The van der Waals surface area contributed by atoms with Gasteiger partial charge in [0.2, 0.25) is 11.8 Å². The van der Waals surface area contributed by atoms with Crippen LogP contribution in [0.5, 0.6) is 0 Å². The van der Waals surface area contributed by atoms with E-state index in [1.807, 2.05) is 4.90 Å². The largest absolute Gasteiger partial charge is 0.394 e. The number of halogens is 1. The van der Waals surface area contributed by atoms with Gasteiger partial charge < -0.3 is 20.6 Å². The van der Waals surface area contributed by atoms with E-state index in [2.05, 4.69) is 40.4 Å². The van der Waals surface area contributed by atoms with Crippen LogP contribution in [-0.4, -0.2) is 53.5 Å². The SMILES string of the molecule is CC(=O)NC(CO)C(=O)Nc1ccc(Br)cc1C(=O)N1C[C@H](C)C[C@H](C)C1. The van der Waals surface area contributed by atoms with Crippen molar-refractivity contribution in [2.75, 3.05) is 25.0 Å². The fraction of sp³-hybridized carbons (Fsp3) is 0.526. The number of amides is 3. The lowest BCUT2D eigenvalue weighted by molar-refractivity contribution is -0.126. The molecule has 0 bridgehead atoms. The highest BCUT2D eigenvalue weighted by Gasteiger charge is 2.28. The third-order valence-electron chi connectivity index (χ3n) is 4.50. The van der Waals surface area contributed by atoms with Crippen molar-refractivity contribution in [1.29, 1.82) is 0 Å². The Hall–Kier alpha value is -1.93. The number of piperidine rings is 1. The van der Waals surface area contributed by atoms with Gasteiger partial charge in [-0.3, -0.25) is 14.4 Å². The molecular formula is C19H26BrN3O4. The molecule has 1 aliphatic heterocycles. The summed E-state index contributed by atoms with van der Waals surface area (Å²) in [4.78, 5) is 38.5. The lowest BCUT2D eigenvalue weighted by Crippen LogP contribution is -2.46. The second kappa shape index (κ2) is 9.32. The van der Waals surface area contributed by atoms with E-state index < -0.39 is 24.5 Å². The second-order valence-electron chi connectivity index (χ2n) is 7.27. The standard InChI is InChI=1S/C19H26BrN3O4/c1-11-6-12(2)9-23(8-11)19(27)15-7-14(20)4-5-16(15)22-18(26)17(10-24)21-13(3)25/h4-5,7,11-12,17,24H,6,8-10H2,1-3H3,(H,21,25)(H,22,26)/t11-,12+,17?. The molecule has 1 fully saturated rings. The van der Waals surface area contributed by atoms with Crippen LogP contribution in [0.25, 0.3) is 0 Å². The summed E-state index contributed by atoms with van der Waals surface area (Å²) in [6, 6.07) is 3.95. The van der Waals surface area contributed by atoms with Gasteiger partial charge in [0.05, 0.1) is 17.9 Å². The maximum absolute atomic E-state index is 13.1. The van der Waals surface area contributed by atoms with Crippen LogP contribution in [0.2, 0.25) is 0 Å². The minimum atomic E-state index is -1.08. The Balaban J connectivity index is 2.24. The van der Waals surface area contributed by atoms with Gasteiger partial charge in [0, 0.05) is 24.5 Å². The molecule has 0 aromatic heterocycles. The summed E-state index contributed by atoms with van der Waals surface area (Å²) < 4.78 is 0.725. The van der Waals surface area contributed by atoms with E-state index in [9.17, 15) is 19.5 Å². The fourth-order valence-electron chi connectivity index (χ4n) is 3.46. The first kappa shape index (κ1) is 21.4. The Labute approximate surface area is 167 Å². The highest BCUT2D eigenvalue weighted by molar-refractivity contribution is 9.10.